The summed E-state index contributed by atoms with van der Waals surface area (Å²) in [6, 6.07) is 6.57. The summed E-state index contributed by atoms with van der Waals surface area (Å²) >= 11 is 0. The average Bonchev–Trinajstić information content (AvgIpc) is 3.28. The quantitative estimate of drug-likeness (QED) is 0.542. The maximum absolute atomic E-state index is 13.8. The van der Waals surface area contributed by atoms with Gasteiger partial charge in [0.2, 0.25) is 15.9 Å². The van der Waals surface area contributed by atoms with Crippen molar-refractivity contribution >= 4 is 48.9 Å². The Bertz CT molecular complexity index is 1580. The van der Waals surface area contributed by atoms with Crippen LogP contribution in [0.25, 0.3) is 0 Å². The number of amidine groups is 1. The van der Waals surface area contributed by atoms with Crippen LogP contribution in [0.15, 0.2) is 45.7 Å². The Morgan fingerprint density at radius 1 is 1.11 bits per heavy atom. The van der Waals surface area contributed by atoms with Gasteiger partial charge in [-0.3, -0.25) is 14.3 Å². The lowest BCUT2D eigenvalue weighted by atomic mass is 9.81. The van der Waals surface area contributed by atoms with E-state index in [2.05, 4.69) is 14.4 Å². The molecule has 0 radical (unpaired) electrons. The van der Waals surface area contributed by atoms with Crippen LogP contribution in [0.1, 0.15) is 24.8 Å². The number of hydrogen-bond donors (Lipinski definition) is 2. The van der Waals surface area contributed by atoms with Gasteiger partial charge in [0.15, 0.2) is 23.3 Å². The van der Waals surface area contributed by atoms with Crippen LogP contribution in [0.2, 0.25) is 0 Å². The summed E-state index contributed by atoms with van der Waals surface area (Å²) in [5, 5.41) is 2.77. The maximum Gasteiger partial charge on any atom is 0.286 e. The van der Waals surface area contributed by atoms with E-state index in [0.717, 1.165) is 24.5 Å². The van der Waals surface area contributed by atoms with Gasteiger partial charge >= 0.3 is 0 Å². The van der Waals surface area contributed by atoms with Gasteiger partial charge in [0.1, 0.15) is 10.7 Å². The largest absolute Gasteiger partial charge is 0.341 e. The van der Waals surface area contributed by atoms with E-state index in [-0.39, 0.29) is 28.7 Å². The van der Waals surface area contributed by atoms with Gasteiger partial charge in [-0.2, -0.15) is 8.42 Å². The molecule has 10 nitrogen and oxygen atoms in total. The number of fused-ring (bicyclic) bond motifs is 2. The third-order valence-electron chi connectivity index (χ3n) is 6.71. The predicted molar refractivity (Wildman–Crippen MR) is 130 cm³/mol. The number of carbonyl (C=O) groups excluding carboxylic acids is 2. The van der Waals surface area contributed by atoms with E-state index in [1.807, 2.05) is 0 Å². The standard InChI is InChI=1S/C23H22F2N4O6S2/c1-36(32,33)27-13-6-8-17-19(10-13)37(34,35)28-22(26-17)20-21(30)14-3-2-4-18(14)29(23(20)31)11-12-5-7-15(24)16(25)9-12/h5-10,14,18,20,27H,2-4,11H2,1H3,(H,26,28)/t14-,18+,20?/m1/s1. The highest BCUT2D eigenvalue weighted by molar-refractivity contribution is 7.92. The predicted octanol–water partition coefficient (Wildman–Crippen LogP) is 2.25. The van der Waals surface area contributed by atoms with Gasteiger partial charge in [-0.25, -0.2) is 17.2 Å². The molecule has 2 fully saturated rings. The van der Waals surface area contributed by atoms with E-state index in [0.29, 0.717) is 24.8 Å². The third kappa shape index (κ3) is 4.70. The molecule has 2 aromatic carbocycles. The van der Waals surface area contributed by atoms with Gasteiger partial charge in [0, 0.05) is 24.2 Å². The molecule has 2 heterocycles. The first-order valence-corrected chi connectivity index (χ1v) is 14.7. The van der Waals surface area contributed by atoms with Crippen molar-refractivity contribution < 1.29 is 35.2 Å². The number of amides is 1. The van der Waals surface area contributed by atoms with Gasteiger partial charge in [-0.05, 0) is 48.7 Å². The number of halogens is 2. The van der Waals surface area contributed by atoms with Crippen molar-refractivity contribution in [1.82, 2.24) is 4.90 Å². The first kappa shape index (κ1) is 25.3. The zero-order chi connectivity index (χ0) is 26.7. The molecule has 1 aliphatic carbocycles. The van der Waals surface area contributed by atoms with Crippen LogP contribution in [0.4, 0.5) is 20.2 Å². The molecule has 5 rings (SSSR count). The second-order valence-corrected chi connectivity index (χ2v) is 12.6. The lowest BCUT2D eigenvalue weighted by Gasteiger charge is -2.41. The molecule has 0 bridgehead atoms. The lowest BCUT2D eigenvalue weighted by Crippen LogP contribution is -2.58. The van der Waals surface area contributed by atoms with E-state index in [1.54, 1.807) is 0 Å². The van der Waals surface area contributed by atoms with E-state index in [4.69, 9.17) is 0 Å². The maximum atomic E-state index is 13.8. The number of ketones is 1. The number of nitrogens with one attached hydrogen (secondary N) is 2. The van der Waals surface area contributed by atoms with Crippen LogP contribution in [0, 0.1) is 23.5 Å². The minimum absolute atomic E-state index is 0.00148. The van der Waals surface area contributed by atoms with Crippen LogP contribution in [-0.4, -0.2) is 51.6 Å². The number of sulfonamides is 2. The summed E-state index contributed by atoms with van der Waals surface area (Å²) in [7, 11) is -8.07. The van der Waals surface area contributed by atoms with Gasteiger partial charge in [-0.1, -0.05) is 12.5 Å². The second-order valence-electron chi connectivity index (χ2n) is 9.32. The average molecular weight is 553 g/mol. The number of hydrogen-bond acceptors (Lipinski definition) is 7. The monoisotopic (exact) mass is 552 g/mol. The van der Waals surface area contributed by atoms with E-state index >= 15 is 0 Å². The molecule has 2 aromatic rings. The van der Waals surface area contributed by atoms with Crippen molar-refractivity contribution in [2.24, 2.45) is 16.2 Å². The smallest absolute Gasteiger partial charge is 0.286 e. The lowest BCUT2D eigenvalue weighted by molar-refractivity contribution is -0.149. The number of Topliss-reactive ketones (excluding diaryl/α,β-unsaturated/α-hetero) is 1. The molecule has 1 amide bonds. The normalized spacial score (nSPS) is 24.7. The van der Waals surface area contributed by atoms with Crippen molar-refractivity contribution in [3.63, 3.8) is 0 Å². The molecule has 3 aliphatic rings. The molecule has 1 unspecified atom stereocenters. The Hall–Kier alpha value is -3.39. The highest BCUT2D eigenvalue weighted by Crippen LogP contribution is 2.40. The van der Waals surface area contributed by atoms with Gasteiger partial charge < -0.3 is 10.2 Å². The fourth-order valence-electron chi connectivity index (χ4n) is 5.17. The van der Waals surface area contributed by atoms with Gasteiger partial charge in [-0.15, -0.1) is 4.40 Å². The Morgan fingerprint density at radius 2 is 1.86 bits per heavy atom. The van der Waals surface area contributed by atoms with Crippen LogP contribution in [0.3, 0.4) is 0 Å². The van der Waals surface area contributed by atoms with Crippen LogP contribution in [-0.2, 0) is 36.2 Å². The fraction of sp³-hybridized carbons (Fsp3) is 0.348. The molecular formula is C23H22F2N4O6S2. The number of carbonyl (C=O) groups is 2. The zero-order valence-electron chi connectivity index (χ0n) is 19.4. The SMILES string of the molecule is CS(=O)(=O)Nc1ccc2c(c1)S(=O)(=O)N=C(C1C(=O)[C@@H]3CCC[C@@H]3N(Cc3ccc(F)c(F)c3)C1=O)N2. The Labute approximate surface area is 211 Å². The molecule has 14 heteroatoms. The first-order valence-electron chi connectivity index (χ1n) is 11.4. The van der Waals surface area contributed by atoms with E-state index < -0.39 is 61.2 Å². The highest BCUT2D eigenvalue weighted by atomic mass is 32.2. The molecule has 3 atom stereocenters. The minimum Gasteiger partial charge on any atom is -0.341 e. The molecule has 196 valence electrons. The summed E-state index contributed by atoms with van der Waals surface area (Å²) in [6.45, 7) is -0.0852. The summed E-state index contributed by atoms with van der Waals surface area (Å²) in [4.78, 5) is 28.1. The van der Waals surface area contributed by atoms with Crippen molar-refractivity contribution in [2.75, 3.05) is 16.3 Å². The summed E-state index contributed by atoms with van der Waals surface area (Å²) < 4.78 is 82.2. The fourth-order valence-corrected chi connectivity index (χ4v) is 6.91. The third-order valence-corrected chi connectivity index (χ3v) is 8.65. The number of piperidine rings is 1. The number of anilines is 2. The van der Waals surface area contributed by atoms with Crippen molar-refractivity contribution in [2.45, 2.75) is 36.7 Å². The van der Waals surface area contributed by atoms with E-state index in [9.17, 15) is 35.2 Å². The second kappa shape index (κ2) is 8.87. The van der Waals surface area contributed by atoms with Gasteiger partial charge in [0.05, 0.1) is 11.9 Å². The van der Waals surface area contributed by atoms with Crippen molar-refractivity contribution in [3.8, 4) is 0 Å². The number of likely N-dealkylation sites (tertiary alicyclic amines) is 1. The Balaban J connectivity index is 1.50. The van der Waals surface area contributed by atoms with Crippen LogP contribution < -0.4 is 10.0 Å². The number of benzene rings is 2. The highest BCUT2D eigenvalue weighted by Gasteiger charge is 2.52. The van der Waals surface area contributed by atoms with Crippen molar-refractivity contribution in [1.29, 1.82) is 0 Å². The minimum atomic E-state index is -4.40. The molecule has 0 spiro atoms. The topological polar surface area (TPSA) is 142 Å². The summed E-state index contributed by atoms with van der Waals surface area (Å²) in [5.41, 5.74) is 0.361. The zero-order valence-corrected chi connectivity index (χ0v) is 21.1. The number of nitrogens with zero attached hydrogens (tertiary/aromatic N) is 2. The summed E-state index contributed by atoms with van der Waals surface area (Å²) in [6.07, 6.45) is 2.64. The van der Waals surface area contributed by atoms with E-state index in [1.165, 1.54) is 23.1 Å². The molecule has 0 aromatic heterocycles. The summed E-state index contributed by atoms with van der Waals surface area (Å²) in [5.74, 6) is -5.66. The van der Waals surface area contributed by atoms with Gasteiger partial charge in [0.25, 0.3) is 10.0 Å². The van der Waals surface area contributed by atoms with Crippen LogP contribution >= 0.6 is 0 Å². The Kier molecular flexibility index (Phi) is 6.06. The first-order chi connectivity index (χ1) is 17.3. The molecule has 2 aliphatic heterocycles. The van der Waals surface area contributed by atoms with Crippen molar-refractivity contribution in [3.05, 3.63) is 53.6 Å². The Morgan fingerprint density at radius 3 is 2.57 bits per heavy atom. The molecule has 37 heavy (non-hydrogen) atoms. The molecule has 1 saturated heterocycles. The molecule has 1 saturated carbocycles. The molecular weight excluding hydrogens is 530 g/mol. The molecule has 2 N–H and O–H groups in total. The van der Waals surface area contributed by atoms with Crippen LogP contribution in [0.5, 0.6) is 0 Å². The number of rotatable bonds is 5.